The molecule has 2 fully saturated rings. The third kappa shape index (κ3) is 3.37. The monoisotopic (exact) mass is 302 g/mol. The number of hydrogen-bond donors (Lipinski definition) is 0. The minimum atomic E-state index is 0.417. The molecule has 0 radical (unpaired) electrons. The van der Waals surface area contributed by atoms with Crippen LogP contribution in [0.25, 0.3) is 0 Å². The Kier molecular flexibility index (Phi) is 4.86. The Morgan fingerprint density at radius 3 is 2.77 bits per heavy atom. The molecule has 1 aromatic carbocycles. The largest absolute Gasteiger partial charge is 0.375 e. The van der Waals surface area contributed by atoms with E-state index in [0.717, 1.165) is 19.7 Å². The second kappa shape index (κ2) is 6.69. The van der Waals surface area contributed by atoms with Gasteiger partial charge in [0.2, 0.25) is 0 Å². The summed E-state index contributed by atoms with van der Waals surface area (Å²) < 4.78 is 6.11. The highest BCUT2D eigenvalue weighted by Gasteiger charge is 2.38. The molecule has 122 valence electrons. The first-order valence-electron chi connectivity index (χ1n) is 8.63. The molecule has 0 N–H and O–H groups in total. The molecule has 0 aromatic heterocycles. The van der Waals surface area contributed by atoms with Crippen LogP contribution in [0.2, 0.25) is 0 Å². The first kappa shape index (κ1) is 16.0. The van der Waals surface area contributed by atoms with E-state index in [2.05, 4.69) is 55.9 Å². The average molecular weight is 302 g/mol. The number of fused-ring (bicyclic) bond motifs is 1. The van der Waals surface area contributed by atoms with Gasteiger partial charge in [0.15, 0.2) is 0 Å². The molecule has 1 saturated heterocycles. The van der Waals surface area contributed by atoms with Crippen LogP contribution in [0.15, 0.2) is 18.2 Å². The van der Waals surface area contributed by atoms with Gasteiger partial charge in [0, 0.05) is 25.2 Å². The summed E-state index contributed by atoms with van der Waals surface area (Å²) in [6, 6.07) is 8.13. The van der Waals surface area contributed by atoms with Crippen molar-refractivity contribution in [3.05, 3.63) is 34.9 Å². The molecule has 3 heteroatoms. The minimum absolute atomic E-state index is 0.417. The lowest BCUT2D eigenvalue weighted by molar-refractivity contribution is -0.103. The maximum absolute atomic E-state index is 6.11. The molecule has 2 aliphatic rings. The molecule has 0 amide bonds. The molecule has 3 atom stereocenters. The van der Waals surface area contributed by atoms with E-state index in [9.17, 15) is 0 Å². The molecule has 3 rings (SSSR count). The molecule has 0 bridgehead atoms. The fourth-order valence-electron chi connectivity index (χ4n) is 4.08. The lowest BCUT2D eigenvalue weighted by atomic mass is 9.85. The molecule has 1 aliphatic carbocycles. The number of morpholine rings is 1. The van der Waals surface area contributed by atoms with E-state index >= 15 is 0 Å². The Hall–Kier alpha value is -0.900. The number of ether oxygens (including phenoxy) is 1. The van der Waals surface area contributed by atoms with E-state index in [1.807, 2.05) is 0 Å². The van der Waals surface area contributed by atoms with Gasteiger partial charge < -0.3 is 9.64 Å². The van der Waals surface area contributed by atoms with Crippen LogP contribution in [0.4, 0.5) is 0 Å². The SMILES string of the molecule is Cc1ccc(CN2CCO[C@@H]3C[C@H](N(C)C)CC[C@H]32)c(C)c1. The van der Waals surface area contributed by atoms with Crippen LogP contribution in [0.5, 0.6) is 0 Å². The van der Waals surface area contributed by atoms with E-state index in [0.29, 0.717) is 18.2 Å². The number of benzene rings is 1. The van der Waals surface area contributed by atoms with Gasteiger partial charge in [0.25, 0.3) is 0 Å². The predicted octanol–water partition coefficient (Wildman–Crippen LogP) is 2.99. The summed E-state index contributed by atoms with van der Waals surface area (Å²) in [4.78, 5) is 5.03. The van der Waals surface area contributed by atoms with Gasteiger partial charge in [-0.3, -0.25) is 4.90 Å². The molecule has 1 heterocycles. The van der Waals surface area contributed by atoms with E-state index < -0.39 is 0 Å². The van der Waals surface area contributed by atoms with Gasteiger partial charge in [-0.15, -0.1) is 0 Å². The Morgan fingerprint density at radius 2 is 2.05 bits per heavy atom. The summed E-state index contributed by atoms with van der Waals surface area (Å²) in [7, 11) is 4.39. The second-order valence-corrected chi connectivity index (χ2v) is 7.31. The van der Waals surface area contributed by atoms with Gasteiger partial charge in [-0.05, 0) is 58.3 Å². The zero-order valence-corrected chi connectivity index (χ0v) is 14.5. The number of nitrogens with zero attached hydrogens (tertiary/aromatic N) is 2. The quantitative estimate of drug-likeness (QED) is 0.854. The summed E-state index contributed by atoms with van der Waals surface area (Å²) >= 11 is 0. The average Bonchev–Trinajstić information content (AvgIpc) is 2.49. The van der Waals surface area contributed by atoms with Crippen LogP contribution < -0.4 is 0 Å². The Morgan fingerprint density at radius 1 is 1.23 bits per heavy atom. The lowest BCUT2D eigenvalue weighted by Crippen LogP contribution is -2.55. The van der Waals surface area contributed by atoms with Gasteiger partial charge in [-0.25, -0.2) is 0 Å². The third-order valence-electron chi connectivity index (χ3n) is 5.51. The Labute approximate surface area is 135 Å². The maximum Gasteiger partial charge on any atom is 0.0745 e. The predicted molar refractivity (Wildman–Crippen MR) is 91.2 cm³/mol. The summed E-state index contributed by atoms with van der Waals surface area (Å²) in [5.41, 5.74) is 4.25. The van der Waals surface area contributed by atoms with Gasteiger partial charge in [-0.2, -0.15) is 0 Å². The standard InChI is InChI=1S/C19H30N2O/c1-14-5-6-16(15(2)11-14)13-21-9-10-22-19-12-17(20(3)4)7-8-18(19)21/h5-6,11,17-19H,7-10,12-13H2,1-4H3/t17-,18-,19-/m1/s1. The van der Waals surface area contributed by atoms with Crippen LogP contribution in [-0.2, 0) is 11.3 Å². The van der Waals surface area contributed by atoms with Crippen molar-refractivity contribution in [3.8, 4) is 0 Å². The van der Waals surface area contributed by atoms with E-state index in [4.69, 9.17) is 4.74 Å². The van der Waals surface area contributed by atoms with Crippen molar-refractivity contribution < 1.29 is 4.74 Å². The third-order valence-corrected chi connectivity index (χ3v) is 5.51. The topological polar surface area (TPSA) is 15.7 Å². The van der Waals surface area contributed by atoms with Crippen molar-refractivity contribution in [1.82, 2.24) is 9.80 Å². The fraction of sp³-hybridized carbons (Fsp3) is 0.684. The van der Waals surface area contributed by atoms with Crippen molar-refractivity contribution in [3.63, 3.8) is 0 Å². The molecule has 3 nitrogen and oxygen atoms in total. The van der Waals surface area contributed by atoms with E-state index in [1.165, 1.54) is 36.0 Å². The first-order chi connectivity index (χ1) is 10.5. The smallest absolute Gasteiger partial charge is 0.0745 e. The molecule has 1 saturated carbocycles. The summed E-state index contributed by atoms with van der Waals surface area (Å²) in [5.74, 6) is 0. The highest BCUT2D eigenvalue weighted by molar-refractivity contribution is 5.30. The van der Waals surface area contributed by atoms with Crippen LogP contribution >= 0.6 is 0 Å². The highest BCUT2D eigenvalue weighted by atomic mass is 16.5. The molecular formula is C19H30N2O. The number of hydrogen-bond acceptors (Lipinski definition) is 3. The van der Waals surface area contributed by atoms with Crippen molar-refractivity contribution in [1.29, 1.82) is 0 Å². The van der Waals surface area contributed by atoms with Gasteiger partial charge in [-0.1, -0.05) is 23.8 Å². The molecule has 1 aromatic rings. The van der Waals surface area contributed by atoms with Crippen LogP contribution in [0.3, 0.4) is 0 Å². The van der Waals surface area contributed by atoms with Crippen LogP contribution in [0.1, 0.15) is 36.0 Å². The van der Waals surface area contributed by atoms with Crippen LogP contribution in [0, 0.1) is 13.8 Å². The maximum atomic E-state index is 6.11. The highest BCUT2D eigenvalue weighted by Crippen LogP contribution is 2.31. The van der Waals surface area contributed by atoms with Crippen molar-refractivity contribution in [2.75, 3.05) is 27.2 Å². The fourth-order valence-corrected chi connectivity index (χ4v) is 4.08. The Balaban J connectivity index is 1.69. The normalized spacial score (nSPS) is 29.6. The molecule has 0 unspecified atom stereocenters. The summed E-state index contributed by atoms with van der Waals surface area (Å²) in [5, 5.41) is 0. The number of rotatable bonds is 3. The van der Waals surface area contributed by atoms with Crippen LogP contribution in [-0.4, -0.2) is 55.2 Å². The molecule has 22 heavy (non-hydrogen) atoms. The minimum Gasteiger partial charge on any atom is -0.375 e. The summed E-state index contributed by atoms with van der Waals surface area (Å²) in [6.45, 7) is 7.43. The van der Waals surface area contributed by atoms with E-state index in [-0.39, 0.29) is 0 Å². The zero-order chi connectivity index (χ0) is 15.7. The molecule has 0 spiro atoms. The van der Waals surface area contributed by atoms with Gasteiger partial charge >= 0.3 is 0 Å². The first-order valence-corrected chi connectivity index (χ1v) is 8.63. The van der Waals surface area contributed by atoms with Gasteiger partial charge in [0.1, 0.15) is 0 Å². The summed E-state index contributed by atoms with van der Waals surface area (Å²) in [6.07, 6.45) is 4.15. The molecular weight excluding hydrogens is 272 g/mol. The second-order valence-electron chi connectivity index (χ2n) is 7.31. The molecule has 1 aliphatic heterocycles. The van der Waals surface area contributed by atoms with E-state index in [1.54, 1.807) is 0 Å². The van der Waals surface area contributed by atoms with Crippen molar-refractivity contribution in [2.45, 2.75) is 57.8 Å². The van der Waals surface area contributed by atoms with Gasteiger partial charge in [0.05, 0.1) is 12.7 Å². The number of aryl methyl sites for hydroxylation is 2. The Bertz CT molecular complexity index is 514. The van der Waals surface area contributed by atoms with Crippen molar-refractivity contribution >= 4 is 0 Å². The zero-order valence-electron chi connectivity index (χ0n) is 14.5. The van der Waals surface area contributed by atoms with Crippen molar-refractivity contribution in [2.24, 2.45) is 0 Å². The lowest BCUT2D eigenvalue weighted by Gasteiger charge is -2.47.